The third-order valence-corrected chi connectivity index (χ3v) is 4.86. The zero-order valence-electron chi connectivity index (χ0n) is 12.5. The topological polar surface area (TPSA) is 37.4 Å². The Labute approximate surface area is 134 Å². The Morgan fingerprint density at radius 1 is 0.955 bits per heavy atom. The van der Waals surface area contributed by atoms with E-state index >= 15 is 0 Å². The van der Waals surface area contributed by atoms with Gasteiger partial charge in [-0.15, -0.1) is 0 Å². The van der Waals surface area contributed by atoms with Gasteiger partial charge in [-0.3, -0.25) is 9.59 Å². The summed E-state index contributed by atoms with van der Waals surface area (Å²) in [7, 11) is 0. The van der Waals surface area contributed by atoms with Crippen molar-refractivity contribution in [3.8, 4) is 0 Å². The highest BCUT2D eigenvalue weighted by atomic mass is 32.2. The number of carbonyl (C=O) groups is 2. The van der Waals surface area contributed by atoms with Crippen molar-refractivity contribution in [1.82, 2.24) is 0 Å². The Morgan fingerprint density at radius 3 is 2.18 bits per heavy atom. The van der Waals surface area contributed by atoms with Crippen molar-refractivity contribution in [2.24, 2.45) is 0 Å². The summed E-state index contributed by atoms with van der Waals surface area (Å²) in [4.78, 5) is 26.2. The van der Waals surface area contributed by atoms with Crippen LogP contribution in [0.4, 0.5) is 10.5 Å². The van der Waals surface area contributed by atoms with Gasteiger partial charge in [0.05, 0.1) is 5.69 Å². The van der Waals surface area contributed by atoms with Gasteiger partial charge in [0.15, 0.2) is 0 Å². The summed E-state index contributed by atoms with van der Waals surface area (Å²) in [6, 6.07) is 17.1. The van der Waals surface area contributed by atoms with E-state index in [-0.39, 0.29) is 11.1 Å². The Bertz CT molecular complexity index is 695. The fraction of sp³-hybridized carbons (Fsp3) is 0.222. The van der Waals surface area contributed by atoms with Crippen LogP contribution in [0.3, 0.4) is 0 Å². The van der Waals surface area contributed by atoms with Crippen LogP contribution in [0.1, 0.15) is 36.1 Å². The minimum absolute atomic E-state index is 0.168. The summed E-state index contributed by atoms with van der Waals surface area (Å²) in [5.41, 5.74) is 2.70. The third-order valence-electron chi connectivity index (χ3n) is 3.77. The zero-order chi connectivity index (χ0) is 15.7. The van der Waals surface area contributed by atoms with E-state index in [1.54, 1.807) is 0 Å². The Kier molecular flexibility index (Phi) is 4.03. The molecular weight excluding hydrogens is 294 g/mol. The SMILES string of the molecule is CC(C)c1ccc(N2C(=O)S[C@@H](c3ccccc3)C2=O)cc1. The van der Waals surface area contributed by atoms with Crippen molar-refractivity contribution in [2.75, 3.05) is 4.90 Å². The Morgan fingerprint density at radius 2 is 1.59 bits per heavy atom. The van der Waals surface area contributed by atoms with Gasteiger partial charge in [-0.25, -0.2) is 4.90 Å². The average Bonchev–Trinajstić information content (AvgIpc) is 2.83. The molecular formula is C18H17NO2S. The summed E-state index contributed by atoms with van der Waals surface area (Å²) in [6.07, 6.45) is 0. The summed E-state index contributed by atoms with van der Waals surface area (Å²) >= 11 is 1.08. The van der Waals surface area contributed by atoms with Crippen LogP contribution in [0.25, 0.3) is 0 Å². The molecule has 2 aromatic carbocycles. The average molecular weight is 311 g/mol. The van der Waals surface area contributed by atoms with Crippen LogP contribution in [-0.4, -0.2) is 11.1 Å². The first-order valence-electron chi connectivity index (χ1n) is 7.27. The number of benzene rings is 2. The highest BCUT2D eigenvalue weighted by molar-refractivity contribution is 8.15. The predicted octanol–water partition coefficient (Wildman–Crippen LogP) is 4.75. The van der Waals surface area contributed by atoms with E-state index in [4.69, 9.17) is 0 Å². The summed E-state index contributed by atoms with van der Waals surface area (Å²) in [5.74, 6) is 0.254. The second-order valence-corrected chi connectivity index (χ2v) is 6.65. The van der Waals surface area contributed by atoms with Crippen molar-refractivity contribution in [3.05, 3.63) is 65.7 Å². The summed E-state index contributed by atoms with van der Waals surface area (Å²) < 4.78 is 0. The Balaban J connectivity index is 1.88. The highest BCUT2D eigenvalue weighted by Crippen LogP contribution is 2.41. The first kappa shape index (κ1) is 14.9. The second-order valence-electron chi connectivity index (χ2n) is 5.59. The molecule has 1 aliphatic heterocycles. The maximum Gasteiger partial charge on any atom is 0.294 e. The molecule has 3 rings (SSSR count). The molecule has 112 valence electrons. The summed E-state index contributed by atoms with van der Waals surface area (Å²) in [5, 5.41) is -0.658. The largest absolute Gasteiger partial charge is 0.294 e. The number of hydrogen-bond acceptors (Lipinski definition) is 3. The van der Waals surface area contributed by atoms with E-state index in [0.29, 0.717) is 11.6 Å². The van der Waals surface area contributed by atoms with Gasteiger partial charge in [-0.2, -0.15) is 0 Å². The first-order valence-corrected chi connectivity index (χ1v) is 8.15. The van der Waals surface area contributed by atoms with E-state index in [1.807, 2.05) is 54.6 Å². The molecule has 1 heterocycles. The number of carbonyl (C=O) groups excluding carboxylic acids is 2. The van der Waals surface area contributed by atoms with Crippen LogP contribution in [0.5, 0.6) is 0 Å². The Hall–Kier alpha value is -2.07. The van der Waals surface area contributed by atoms with E-state index < -0.39 is 5.25 Å². The lowest BCUT2D eigenvalue weighted by Crippen LogP contribution is -2.29. The molecule has 2 aromatic rings. The molecule has 0 radical (unpaired) electrons. The standard InChI is InChI=1S/C18H17NO2S/c1-12(2)13-8-10-15(11-9-13)19-17(20)16(22-18(19)21)14-6-4-3-5-7-14/h3-12,16H,1-2H3/t16-/m0/s1. The van der Waals surface area contributed by atoms with Crippen LogP contribution in [-0.2, 0) is 4.79 Å². The van der Waals surface area contributed by atoms with Crippen molar-refractivity contribution >= 4 is 28.6 Å². The van der Waals surface area contributed by atoms with Gasteiger partial charge in [-0.1, -0.05) is 56.3 Å². The van der Waals surface area contributed by atoms with Gasteiger partial charge in [-0.05, 0) is 40.9 Å². The van der Waals surface area contributed by atoms with Gasteiger partial charge < -0.3 is 0 Å². The lowest BCUT2D eigenvalue weighted by atomic mass is 10.0. The fourth-order valence-corrected chi connectivity index (χ4v) is 3.49. The molecule has 22 heavy (non-hydrogen) atoms. The minimum Gasteiger partial charge on any atom is -0.272 e. The molecule has 4 heteroatoms. The number of nitrogens with zero attached hydrogens (tertiary/aromatic N) is 1. The van der Waals surface area contributed by atoms with Gasteiger partial charge in [0.2, 0.25) is 0 Å². The molecule has 0 unspecified atom stereocenters. The number of thioether (sulfide) groups is 1. The van der Waals surface area contributed by atoms with E-state index in [9.17, 15) is 9.59 Å². The van der Waals surface area contributed by atoms with Crippen LogP contribution in [0.15, 0.2) is 54.6 Å². The summed E-state index contributed by atoms with van der Waals surface area (Å²) in [6.45, 7) is 4.23. The normalized spacial score (nSPS) is 18.3. The lowest BCUT2D eigenvalue weighted by molar-refractivity contribution is -0.117. The van der Waals surface area contributed by atoms with Crippen molar-refractivity contribution in [2.45, 2.75) is 25.0 Å². The van der Waals surface area contributed by atoms with Crippen molar-refractivity contribution in [1.29, 1.82) is 0 Å². The quantitative estimate of drug-likeness (QED) is 0.820. The fourth-order valence-electron chi connectivity index (χ4n) is 2.49. The third kappa shape index (κ3) is 2.66. The molecule has 3 nitrogen and oxygen atoms in total. The predicted molar refractivity (Wildman–Crippen MR) is 90.2 cm³/mol. The molecule has 0 aliphatic carbocycles. The maximum absolute atomic E-state index is 12.6. The van der Waals surface area contributed by atoms with Gasteiger partial charge in [0.1, 0.15) is 5.25 Å². The molecule has 1 fully saturated rings. The van der Waals surface area contributed by atoms with Crippen LogP contribution in [0.2, 0.25) is 0 Å². The second kappa shape index (κ2) is 5.97. The molecule has 0 bridgehead atoms. The number of imide groups is 1. The highest BCUT2D eigenvalue weighted by Gasteiger charge is 2.41. The molecule has 1 aliphatic rings. The first-order chi connectivity index (χ1) is 10.6. The number of amides is 2. The smallest absolute Gasteiger partial charge is 0.272 e. The van der Waals surface area contributed by atoms with Crippen LogP contribution < -0.4 is 4.90 Å². The van der Waals surface area contributed by atoms with Crippen LogP contribution in [0, 0.1) is 0 Å². The van der Waals surface area contributed by atoms with Crippen molar-refractivity contribution < 1.29 is 9.59 Å². The minimum atomic E-state index is -0.446. The number of rotatable bonds is 3. The maximum atomic E-state index is 12.6. The molecule has 1 saturated heterocycles. The number of anilines is 1. The molecule has 0 aromatic heterocycles. The van der Waals surface area contributed by atoms with Crippen molar-refractivity contribution in [3.63, 3.8) is 0 Å². The molecule has 2 amide bonds. The van der Waals surface area contributed by atoms with Gasteiger partial charge in [0, 0.05) is 0 Å². The lowest BCUT2D eigenvalue weighted by Gasteiger charge is -2.15. The zero-order valence-corrected chi connectivity index (χ0v) is 13.3. The molecule has 1 atom stereocenters. The molecule has 0 saturated carbocycles. The monoisotopic (exact) mass is 311 g/mol. The molecule has 0 spiro atoms. The molecule has 0 N–H and O–H groups in total. The van der Waals surface area contributed by atoms with E-state index in [2.05, 4.69) is 13.8 Å². The van der Waals surface area contributed by atoms with Gasteiger partial charge in [0.25, 0.3) is 11.1 Å². The number of hydrogen-bond donors (Lipinski definition) is 0. The van der Waals surface area contributed by atoms with E-state index in [0.717, 1.165) is 17.3 Å². The van der Waals surface area contributed by atoms with Crippen LogP contribution >= 0.6 is 11.8 Å². The van der Waals surface area contributed by atoms with Gasteiger partial charge >= 0.3 is 0 Å². The van der Waals surface area contributed by atoms with E-state index in [1.165, 1.54) is 10.5 Å².